The molecule has 0 atom stereocenters. The second-order valence-corrected chi connectivity index (χ2v) is 7.06. The van der Waals surface area contributed by atoms with Gasteiger partial charge in [0.15, 0.2) is 0 Å². The minimum Gasteiger partial charge on any atom is -0.468 e. The lowest BCUT2D eigenvalue weighted by atomic mass is 10.1. The summed E-state index contributed by atoms with van der Waals surface area (Å²) in [5.41, 5.74) is 1.28. The number of hydrogen-bond acceptors (Lipinski definition) is 3. The van der Waals surface area contributed by atoms with Gasteiger partial charge in [0.25, 0.3) is 0 Å². The van der Waals surface area contributed by atoms with Crippen LogP contribution in [0.4, 0.5) is 0 Å². The molecule has 0 amide bonds. The summed E-state index contributed by atoms with van der Waals surface area (Å²) in [6, 6.07) is 2.97. The summed E-state index contributed by atoms with van der Waals surface area (Å²) in [6.45, 7) is 13.3. The van der Waals surface area contributed by atoms with Gasteiger partial charge in [-0.05, 0) is 30.7 Å². The Hall–Kier alpha value is -0.800. The van der Waals surface area contributed by atoms with E-state index in [9.17, 15) is 0 Å². The Morgan fingerprint density at radius 3 is 2.40 bits per heavy atom. The molecule has 0 spiro atoms. The van der Waals surface area contributed by atoms with Crippen LogP contribution in [0.3, 0.4) is 0 Å². The molecule has 3 nitrogen and oxygen atoms in total. The van der Waals surface area contributed by atoms with Crippen LogP contribution in [-0.4, -0.2) is 24.0 Å². The summed E-state index contributed by atoms with van der Waals surface area (Å²) in [5.74, 6) is 2.48. The van der Waals surface area contributed by atoms with Crippen molar-refractivity contribution in [1.29, 1.82) is 0 Å². The predicted molar refractivity (Wildman–Crippen MR) is 83.5 cm³/mol. The van der Waals surface area contributed by atoms with E-state index >= 15 is 0 Å². The highest BCUT2D eigenvalue weighted by Gasteiger charge is 2.20. The molecule has 0 aromatic carbocycles. The molecule has 1 saturated carbocycles. The smallest absolute Gasteiger partial charge is 0.118 e. The van der Waals surface area contributed by atoms with Gasteiger partial charge in [-0.2, -0.15) is 0 Å². The zero-order valence-corrected chi connectivity index (χ0v) is 13.5. The van der Waals surface area contributed by atoms with E-state index in [2.05, 4.69) is 44.0 Å². The maximum Gasteiger partial charge on any atom is 0.118 e. The number of nitrogens with one attached hydrogen (secondary N) is 1. The lowest BCUT2D eigenvalue weighted by Crippen LogP contribution is -2.30. The van der Waals surface area contributed by atoms with E-state index in [1.807, 2.05) is 6.26 Å². The molecule has 1 aromatic rings. The van der Waals surface area contributed by atoms with Crippen LogP contribution in [0.5, 0.6) is 0 Å². The van der Waals surface area contributed by atoms with Crippen LogP contribution < -0.4 is 5.32 Å². The van der Waals surface area contributed by atoms with Gasteiger partial charge in [0, 0.05) is 31.2 Å². The first-order chi connectivity index (χ1) is 9.52. The highest BCUT2D eigenvalue weighted by molar-refractivity contribution is 5.13. The van der Waals surface area contributed by atoms with Crippen molar-refractivity contribution < 1.29 is 4.42 Å². The van der Waals surface area contributed by atoms with Crippen molar-refractivity contribution in [3.63, 3.8) is 0 Å². The SMILES string of the molecule is CC(C)CN(Cc1cc(CNC2CC2)co1)CC(C)C. The Morgan fingerprint density at radius 2 is 1.85 bits per heavy atom. The monoisotopic (exact) mass is 278 g/mol. The number of rotatable bonds is 9. The molecule has 114 valence electrons. The topological polar surface area (TPSA) is 28.4 Å². The molecule has 1 N–H and O–H groups in total. The standard InChI is InChI=1S/C17H30N2O/c1-13(2)9-19(10-14(3)4)11-17-7-15(12-20-17)8-18-16-5-6-16/h7,12-14,16,18H,5-6,8-11H2,1-4H3. The maximum atomic E-state index is 5.73. The Bertz CT molecular complexity index is 383. The van der Waals surface area contributed by atoms with Gasteiger partial charge in [-0.1, -0.05) is 27.7 Å². The summed E-state index contributed by atoms with van der Waals surface area (Å²) in [6.07, 6.45) is 4.58. The Balaban J connectivity index is 1.84. The lowest BCUT2D eigenvalue weighted by molar-refractivity contribution is 0.197. The van der Waals surface area contributed by atoms with Gasteiger partial charge in [0.1, 0.15) is 5.76 Å². The zero-order chi connectivity index (χ0) is 14.5. The zero-order valence-electron chi connectivity index (χ0n) is 13.5. The third-order valence-electron chi connectivity index (χ3n) is 3.51. The average molecular weight is 278 g/mol. The maximum absolute atomic E-state index is 5.73. The molecular weight excluding hydrogens is 248 g/mol. The third kappa shape index (κ3) is 5.68. The van der Waals surface area contributed by atoms with Gasteiger partial charge in [0.05, 0.1) is 12.8 Å². The Labute approximate surface area is 123 Å². The van der Waals surface area contributed by atoms with Crippen LogP contribution in [0, 0.1) is 11.8 Å². The van der Waals surface area contributed by atoms with Crippen molar-refractivity contribution in [1.82, 2.24) is 10.2 Å². The predicted octanol–water partition coefficient (Wildman–Crippen LogP) is 3.65. The minimum absolute atomic E-state index is 0.694. The first-order valence-corrected chi connectivity index (χ1v) is 8.05. The average Bonchev–Trinajstić information content (AvgIpc) is 3.06. The van der Waals surface area contributed by atoms with Gasteiger partial charge in [0.2, 0.25) is 0 Å². The van der Waals surface area contributed by atoms with E-state index in [4.69, 9.17) is 4.42 Å². The van der Waals surface area contributed by atoms with E-state index in [0.29, 0.717) is 11.8 Å². The molecule has 0 aliphatic heterocycles. The summed E-state index contributed by atoms with van der Waals surface area (Å²) in [4.78, 5) is 2.51. The van der Waals surface area contributed by atoms with E-state index in [0.717, 1.165) is 38.0 Å². The van der Waals surface area contributed by atoms with E-state index in [1.165, 1.54) is 18.4 Å². The fourth-order valence-corrected chi connectivity index (χ4v) is 2.61. The highest BCUT2D eigenvalue weighted by atomic mass is 16.3. The van der Waals surface area contributed by atoms with E-state index in [1.54, 1.807) is 0 Å². The molecule has 0 unspecified atom stereocenters. The molecule has 1 aromatic heterocycles. The van der Waals surface area contributed by atoms with Crippen LogP contribution in [0.15, 0.2) is 16.7 Å². The normalized spacial score (nSPS) is 15.8. The summed E-state index contributed by atoms with van der Waals surface area (Å²) < 4.78 is 5.73. The van der Waals surface area contributed by atoms with Gasteiger partial charge < -0.3 is 9.73 Å². The molecular formula is C17H30N2O. The highest BCUT2D eigenvalue weighted by Crippen LogP contribution is 2.20. The number of hydrogen-bond donors (Lipinski definition) is 1. The summed E-state index contributed by atoms with van der Waals surface area (Å²) in [5, 5.41) is 3.53. The van der Waals surface area contributed by atoms with Crippen molar-refractivity contribution in [2.75, 3.05) is 13.1 Å². The molecule has 1 fully saturated rings. The molecule has 0 radical (unpaired) electrons. The Kier molecular flexibility index (Phi) is 5.67. The fraction of sp³-hybridized carbons (Fsp3) is 0.765. The molecule has 20 heavy (non-hydrogen) atoms. The van der Waals surface area contributed by atoms with Gasteiger partial charge in [-0.3, -0.25) is 4.90 Å². The molecule has 0 saturated heterocycles. The summed E-state index contributed by atoms with van der Waals surface area (Å²) in [7, 11) is 0. The Morgan fingerprint density at radius 1 is 1.20 bits per heavy atom. The van der Waals surface area contributed by atoms with Gasteiger partial charge >= 0.3 is 0 Å². The van der Waals surface area contributed by atoms with Crippen LogP contribution in [-0.2, 0) is 13.1 Å². The van der Waals surface area contributed by atoms with Crippen LogP contribution >= 0.6 is 0 Å². The van der Waals surface area contributed by atoms with Crippen molar-refractivity contribution in [2.24, 2.45) is 11.8 Å². The first kappa shape index (κ1) is 15.6. The number of nitrogens with zero attached hydrogens (tertiary/aromatic N) is 1. The lowest BCUT2D eigenvalue weighted by Gasteiger charge is -2.25. The molecule has 1 aliphatic carbocycles. The molecule has 1 aliphatic rings. The molecule has 3 heteroatoms. The van der Waals surface area contributed by atoms with Crippen LogP contribution in [0.25, 0.3) is 0 Å². The van der Waals surface area contributed by atoms with Crippen molar-refractivity contribution in [2.45, 2.75) is 59.7 Å². The van der Waals surface area contributed by atoms with E-state index in [-0.39, 0.29) is 0 Å². The van der Waals surface area contributed by atoms with Crippen molar-refractivity contribution >= 4 is 0 Å². The van der Waals surface area contributed by atoms with Crippen LogP contribution in [0.2, 0.25) is 0 Å². The first-order valence-electron chi connectivity index (χ1n) is 8.05. The van der Waals surface area contributed by atoms with Crippen molar-refractivity contribution in [3.8, 4) is 0 Å². The fourth-order valence-electron chi connectivity index (χ4n) is 2.61. The second-order valence-electron chi connectivity index (χ2n) is 7.06. The minimum atomic E-state index is 0.694. The number of furan rings is 1. The van der Waals surface area contributed by atoms with Crippen molar-refractivity contribution in [3.05, 3.63) is 23.7 Å². The molecule has 2 rings (SSSR count). The summed E-state index contributed by atoms with van der Waals surface area (Å²) >= 11 is 0. The van der Waals surface area contributed by atoms with Gasteiger partial charge in [-0.25, -0.2) is 0 Å². The third-order valence-corrected chi connectivity index (χ3v) is 3.51. The molecule has 0 bridgehead atoms. The quantitative estimate of drug-likeness (QED) is 0.747. The second kappa shape index (κ2) is 7.28. The molecule has 1 heterocycles. The van der Waals surface area contributed by atoms with Crippen LogP contribution in [0.1, 0.15) is 51.9 Å². The largest absolute Gasteiger partial charge is 0.468 e. The van der Waals surface area contributed by atoms with E-state index < -0.39 is 0 Å². The van der Waals surface area contributed by atoms with Gasteiger partial charge in [-0.15, -0.1) is 0 Å².